The molecule has 198 valence electrons. The molecule has 1 unspecified atom stereocenters. The molecule has 4 rings (SSSR count). The topological polar surface area (TPSA) is 169 Å². The molecule has 3 aromatic carbocycles. The molecule has 13 heteroatoms. The number of methoxy groups -OCH3 is 2. The summed E-state index contributed by atoms with van der Waals surface area (Å²) in [6, 6.07) is 14.7. The van der Waals surface area contributed by atoms with Crippen LogP contribution in [0.1, 0.15) is 17.3 Å². The number of sulfonamides is 1. The molecule has 0 aliphatic rings. The van der Waals surface area contributed by atoms with Gasteiger partial charge in [0.25, 0.3) is 15.9 Å². The standard InChI is InChI=1S/C25H24N4O8S/c1-14(23(30)26-21-12-15(35-2)8-11-22(21)36-3)37-24(31)17-6-4-5-7-18(17)29-38(33,34)16-9-10-19-20(13-16)28-25(32)27-19/h4-14,29H,1-3H3,(H,26,30)(H2,27,28,32). The van der Waals surface area contributed by atoms with E-state index >= 15 is 0 Å². The number of aromatic amines is 2. The van der Waals surface area contributed by atoms with E-state index in [4.69, 9.17) is 14.2 Å². The molecule has 0 saturated heterocycles. The van der Waals surface area contributed by atoms with E-state index in [1.165, 1.54) is 63.6 Å². The van der Waals surface area contributed by atoms with Crippen molar-refractivity contribution in [3.8, 4) is 11.5 Å². The minimum Gasteiger partial charge on any atom is -0.497 e. The quantitative estimate of drug-likeness (QED) is 0.235. The van der Waals surface area contributed by atoms with Gasteiger partial charge in [0.1, 0.15) is 11.5 Å². The van der Waals surface area contributed by atoms with Gasteiger partial charge in [-0.1, -0.05) is 12.1 Å². The highest BCUT2D eigenvalue weighted by Crippen LogP contribution is 2.29. The van der Waals surface area contributed by atoms with Crippen molar-refractivity contribution in [2.24, 2.45) is 0 Å². The van der Waals surface area contributed by atoms with Crippen molar-refractivity contribution < 1.29 is 32.2 Å². The van der Waals surface area contributed by atoms with Crippen LogP contribution in [0.5, 0.6) is 11.5 Å². The van der Waals surface area contributed by atoms with Gasteiger partial charge in [-0.25, -0.2) is 18.0 Å². The summed E-state index contributed by atoms with van der Waals surface area (Å²) in [6.07, 6.45) is -1.24. The fourth-order valence-corrected chi connectivity index (χ4v) is 4.66. The van der Waals surface area contributed by atoms with Crippen LogP contribution in [0, 0.1) is 0 Å². The van der Waals surface area contributed by atoms with Crippen molar-refractivity contribution >= 4 is 44.3 Å². The molecule has 38 heavy (non-hydrogen) atoms. The predicted molar refractivity (Wildman–Crippen MR) is 139 cm³/mol. The zero-order valence-corrected chi connectivity index (χ0v) is 21.3. The first-order valence-corrected chi connectivity index (χ1v) is 12.7. The Morgan fingerprint density at radius 2 is 1.63 bits per heavy atom. The fourth-order valence-electron chi connectivity index (χ4n) is 3.56. The van der Waals surface area contributed by atoms with Gasteiger partial charge in [-0.3, -0.25) is 9.52 Å². The first kappa shape index (κ1) is 26.3. The van der Waals surface area contributed by atoms with Gasteiger partial charge in [-0.15, -0.1) is 0 Å². The highest BCUT2D eigenvalue weighted by Gasteiger charge is 2.24. The average molecular weight is 541 g/mol. The van der Waals surface area contributed by atoms with Crippen LogP contribution in [0.25, 0.3) is 11.0 Å². The molecule has 1 aromatic heterocycles. The van der Waals surface area contributed by atoms with Crippen LogP contribution in [-0.2, 0) is 19.6 Å². The zero-order chi connectivity index (χ0) is 27.4. The van der Waals surface area contributed by atoms with Gasteiger partial charge in [-0.2, -0.15) is 0 Å². The van der Waals surface area contributed by atoms with Crippen molar-refractivity contribution in [2.75, 3.05) is 24.3 Å². The number of rotatable bonds is 9. The molecule has 0 radical (unpaired) electrons. The molecule has 0 bridgehead atoms. The van der Waals surface area contributed by atoms with E-state index in [9.17, 15) is 22.8 Å². The number of anilines is 2. The lowest BCUT2D eigenvalue weighted by molar-refractivity contribution is -0.123. The number of amides is 1. The Morgan fingerprint density at radius 3 is 2.37 bits per heavy atom. The lowest BCUT2D eigenvalue weighted by Crippen LogP contribution is -2.30. The number of imidazole rings is 1. The summed E-state index contributed by atoms with van der Waals surface area (Å²) in [4.78, 5) is 42.0. The lowest BCUT2D eigenvalue weighted by atomic mass is 10.2. The minimum absolute atomic E-state index is 0.0535. The highest BCUT2D eigenvalue weighted by atomic mass is 32.2. The van der Waals surface area contributed by atoms with Crippen LogP contribution in [-0.4, -0.2) is 50.6 Å². The van der Waals surface area contributed by atoms with Gasteiger partial charge in [-0.05, 0) is 49.4 Å². The number of carbonyl (C=O) groups is 2. The number of fused-ring (bicyclic) bond motifs is 1. The van der Waals surface area contributed by atoms with Crippen molar-refractivity contribution in [1.82, 2.24) is 9.97 Å². The van der Waals surface area contributed by atoms with E-state index < -0.39 is 33.7 Å². The molecule has 12 nitrogen and oxygen atoms in total. The van der Waals surface area contributed by atoms with E-state index in [2.05, 4.69) is 20.0 Å². The number of benzene rings is 3. The molecule has 0 fully saturated rings. The van der Waals surface area contributed by atoms with Gasteiger partial charge >= 0.3 is 11.7 Å². The summed E-state index contributed by atoms with van der Waals surface area (Å²) >= 11 is 0. The SMILES string of the molecule is COc1ccc(OC)c(NC(=O)C(C)OC(=O)c2ccccc2NS(=O)(=O)c2ccc3[nH]c(=O)[nH]c3c2)c1. The summed E-state index contributed by atoms with van der Waals surface area (Å²) < 4.78 is 44.1. The third kappa shape index (κ3) is 5.62. The van der Waals surface area contributed by atoms with Gasteiger partial charge < -0.3 is 29.5 Å². The molecular weight excluding hydrogens is 516 g/mol. The zero-order valence-electron chi connectivity index (χ0n) is 20.5. The number of ether oxygens (including phenoxy) is 3. The molecule has 4 aromatic rings. The minimum atomic E-state index is -4.15. The van der Waals surface area contributed by atoms with Gasteiger partial charge in [0, 0.05) is 6.07 Å². The molecule has 0 saturated carbocycles. The molecule has 4 N–H and O–H groups in total. The van der Waals surface area contributed by atoms with Crippen LogP contribution in [0.3, 0.4) is 0 Å². The Labute approximate surface area is 217 Å². The number of para-hydroxylation sites is 1. The molecule has 1 amide bonds. The first-order chi connectivity index (χ1) is 18.1. The Hall–Kier alpha value is -4.78. The summed E-state index contributed by atoms with van der Waals surface area (Å²) in [6.45, 7) is 1.37. The number of H-pyrrole nitrogens is 2. The van der Waals surface area contributed by atoms with Crippen molar-refractivity contribution in [3.63, 3.8) is 0 Å². The van der Waals surface area contributed by atoms with E-state index in [-0.39, 0.29) is 16.1 Å². The second-order valence-electron chi connectivity index (χ2n) is 8.04. The maximum Gasteiger partial charge on any atom is 0.341 e. The number of carbonyl (C=O) groups excluding carboxylic acids is 2. The largest absolute Gasteiger partial charge is 0.497 e. The third-order valence-electron chi connectivity index (χ3n) is 5.51. The summed E-state index contributed by atoms with van der Waals surface area (Å²) in [5, 5.41) is 2.62. The molecule has 1 atom stereocenters. The Bertz CT molecular complexity index is 1680. The molecule has 0 aliphatic carbocycles. The predicted octanol–water partition coefficient (Wildman–Crippen LogP) is 2.86. The maximum atomic E-state index is 13.0. The van der Waals surface area contributed by atoms with Crippen molar-refractivity contribution in [1.29, 1.82) is 0 Å². The Kier molecular flexibility index (Phi) is 7.39. The van der Waals surface area contributed by atoms with Crippen LogP contribution in [0.15, 0.2) is 70.4 Å². The molecule has 1 heterocycles. The van der Waals surface area contributed by atoms with Gasteiger partial charge in [0.2, 0.25) is 0 Å². The van der Waals surface area contributed by atoms with E-state index in [0.717, 1.165) is 0 Å². The Morgan fingerprint density at radius 1 is 0.895 bits per heavy atom. The van der Waals surface area contributed by atoms with Gasteiger partial charge in [0.05, 0.1) is 47.1 Å². The van der Waals surface area contributed by atoms with Crippen molar-refractivity contribution in [2.45, 2.75) is 17.9 Å². The maximum absolute atomic E-state index is 13.0. The van der Waals surface area contributed by atoms with Crippen LogP contribution in [0.4, 0.5) is 11.4 Å². The van der Waals surface area contributed by atoms with Crippen LogP contribution in [0.2, 0.25) is 0 Å². The summed E-state index contributed by atoms with van der Waals surface area (Å²) in [7, 11) is -1.24. The number of aromatic nitrogens is 2. The van der Waals surface area contributed by atoms with Gasteiger partial charge in [0.15, 0.2) is 6.10 Å². The van der Waals surface area contributed by atoms with E-state index in [1.54, 1.807) is 18.2 Å². The average Bonchev–Trinajstić information content (AvgIpc) is 3.27. The van der Waals surface area contributed by atoms with E-state index in [0.29, 0.717) is 28.2 Å². The molecular formula is C25H24N4O8S. The third-order valence-corrected chi connectivity index (χ3v) is 6.87. The normalized spacial score (nSPS) is 12.0. The summed E-state index contributed by atoms with van der Waals surface area (Å²) in [5.74, 6) is -0.709. The smallest absolute Gasteiger partial charge is 0.341 e. The second kappa shape index (κ2) is 10.7. The monoisotopic (exact) mass is 540 g/mol. The van der Waals surface area contributed by atoms with E-state index in [1.807, 2.05) is 0 Å². The first-order valence-electron chi connectivity index (χ1n) is 11.2. The second-order valence-corrected chi connectivity index (χ2v) is 9.72. The number of hydrogen-bond donors (Lipinski definition) is 4. The summed E-state index contributed by atoms with van der Waals surface area (Å²) in [5.41, 5.74) is 0.426. The number of esters is 1. The van der Waals surface area contributed by atoms with Crippen LogP contribution >= 0.6 is 0 Å². The number of nitrogens with one attached hydrogen (secondary N) is 4. The molecule has 0 spiro atoms. The lowest BCUT2D eigenvalue weighted by Gasteiger charge is -2.17. The molecule has 0 aliphatic heterocycles. The van der Waals surface area contributed by atoms with Crippen LogP contribution < -0.4 is 25.2 Å². The Balaban J connectivity index is 1.50. The van der Waals surface area contributed by atoms with Crippen molar-refractivity contribution in [3.05, 3.63) is 76.7 Å². The number of hydrogen-bond acceptors (Lipinski definition) is 8. The highest BCUT2D eigenvalue weighted by molar-refractivity contribution is 7.92. The fraction of sp³-hybridized carbons (Fsp3) is 0.160.